The predicted molar refractivity (Wildman–Crippen MR) is 28.9 cm³/mol. The first-order valence-corrected chi connectivity index (χ1v) is 2.22. The molecule has 0 radical (unpaired) electrons. The van der Waals surface area contributed by atoms with Crippen molar-refractivity contribution in [1.29, 1.82) is 0 Å². The highest BCUT2D eigenvalue weighted by Crippen LogP contribution is 1.73. The van der Waals surface area contributed by atoms with Crippen molar-refractivity contribution in [2.75, 3.05) is 13.6 Å². The summed E-state index contributed by atoms with van der Waals surface area (Å²) in [6.07, 6.45) is -0.972. The van der Waals surface area contributed by atoms with E-state index in [9.17, 15) is 10.1 Å². The van der Waals surface area contributed by atoms with Crippen LogP contribution in [0.4, 0.5) is 0 Å². The van der Waals surface area contributed by atoms with E-state index in [0.29, 0.717) is 0 Å². The van der Waals surface area contributed by atoms with Crippen LogP contribution in [-0.2, 0) is 0 Å². The molecule has 8 heavy (non-hydrogen) atoms. The van der Waals surface area contributed by atoms with Crippen LogP contribution in [0, 0.1) is 10.1 Å². The van der Waals surface area contributed by atoms with Crippen LogP contribution in [0.2, 0.25) is 0 Å². The maximum Gasteiger partial charge on any atom is 0.275 e. The molecule has 0 bridgehead atoms. The molecule has 0 fully saturated rings. The van der Waals surface area contributed by atoms with Crippen molar-refractivity contribution in [1.82, 2.24) is 5.32 Å². The maximum absolute atomic E-state index is 9.73. The first-order valence-electron chi connectivity index (χ1n) is 2.22. The summed E-state index contributed by atoms with van der Waals surface area (Å²) in [6.45, 7) is 0.215. The van der Waals surface area contributed by atoms with Crippen molar-refractivity contribution >= 4 is 0 Å². The predicted octanol–water partition coefficient (Wildman–Crippen LogP) is -1.23. The second-order valence-electron chi connectivity index (χ2n) is 1.41. The molecule has 48 valence electrons. The zero-order valence-electron chi connectivity index (χ0n) is 4.63. The zero-order valence-corrected chi connectivity index (χ0v) is 4.63. The number of hydrogen-bond acceptors (Lipinski definition) is 4. The number of nitro groups is 1. The Labute approximate surface area is 47.0 Å². The molecule has 1 unspecified atom stereocenters. The molecule has 0 aromatic carbocycles. The topological polar surface area (TPSA) is 81.2 Å². The van der Waals surface area contributed by atoms with E-state index < -0.39 is 11.1 Å². The summed E-state index contributed by atoms with van der Waals surface area (Å²) in [6, 6.07) is 0. The fourth-order valence-electron chi connectivity index (χ4n) is 0.284. The summed E-state index contributed by atoms with van der Waals surface area (Å²) < 4.78 is 0. The lowest BCUT2D eigenvalue weighted by molar-refractivity contribution is -0.519. The summed E-state index contributed by atoms with van der Waals surface area (Å²) in [5.41, 5.74) is 4.97. The fourth-order valence-corrected chi connectivity index (χ4v) is 0.284. The van der Waals surface area contributed by atoms with Gasteiger partial charge in [0.15, 0.2) is 0 Å². The van der Waals surface area contributed by atoms with E-state index >= 15 is 0 Å². The van der Waals surface area contributed by atoms with Crippen molar-refractivity contribution < 1.29 is 4.92 Å². The summed E-state index contributed by atoms with van der Waals surface area (Å²) in [7, 11) is 1.61. The van der Waals surface area contributed by atoms with Crippen molar-refractivity contribution in [3.63, 3.8) is 0 Å². The molecule has 1 atom stereocenters. The molecule has 0 aliphatic rings. The molecular formula is C3H9N3O2. The van der Waals surface area contributed by atoms with Gasteiger partial charge in [-0.05, 0) is 7.05 Å². The Balaban J connectivity index is 3.32. The lowest BCUT2D eigenvalue weighted by atomic mass is 10.5. The van der Waals surface area contributed by atoms with Crippen LogP contribution in [0.1, 0.15) is 0 Å². The minimum Gasteiger partial charge on any atom is -0.312 e. The van der Waals surface area contributed by atoms with E-state index in [1.165, 1.54) is 0 Å². The van der Waals surface area contributed by atoms with Crippen molar-refractivity contribution in [2.24, 2.45) is 5.73 Å². The van der Waals surface area contributed by atoms with Crippen LogP contribution in [0.15, 0.2) is 0 Å². The first-order chi connectivity index (χ1) is 3.68. The highest BCUT2D eigenvalue weighted by molar-refractivity contribution is 4.45. The highest BCUT2D eigenvalue weighted by Gasteiger charge is 2.09. The van der Waals surface area contributed by atoms with Crippen LogP contribution >= 0.6 is 0 Å². The van der Waals surface area contributed by atoms with E-state index in [-0.39, 0.29) is 6.54 Å². The molecule has 3 N–H and O–H groups in total. The largest absolute Gasteiger partial charge is 0.312 e. The van der Waals surface area contributed by atoms with E-state index in [4.69, 9.17) is 5.73 Å². The Morgan fingerprint density at radius 1 is 2.00 bits per heavy atom. The molecule has 5 nitrogen and oxygen atoms in total. The van der Waals surface area contributed by atoms with Crippen LogP contribution in [0.5, 0.6) is 0 Å². The number of rotatable bonds is 3. The molecule has 0 aliphatic heterocycles. The molecule has 0 aliphatic carbocycles. The smallest absolute Gasteiger partial charge is 0.275 e. The lowest BCUT2D eigenvalue weighted by Crippen LogP contribution is -2.38. The standard InChI is InChI=1S/C3H9N3O2/c1-5-2-3(4)6(7)8/h3,5H,2,4H2,1H3. The monoisotopic (exact) mass is 119 g/mol. The molecule has 0 heterocycles. The average Bonchev–Trinajstić information content (AvgIpc) is 1.67. The zero-order chi connectivity index (χ0) is 6.57. The van der Waals surface area contributed by atoms with Gasteiger partial charge in [-0.1, -0.05) is 0 Å². The third-order valence-electron chi connectivity index (χ3n) is 0.684. The number of nitrogens with two attached hydrogens (primary N) is 1. The van der Waals surface area contributed by atoms with Gasteiger partial charge in [-0.25, -0.2) is 0 Å². The van der Waals surface area contributed by atoms with Gasteiger partial charge in [0.25, 0.3) is 6.17 Å². The summed E-state index contributed by atoms with van der Waals surface area (Å²) in [5.74, 6) is 0. The van der Waals surface area contributed by atoms with E-state index in [2.05, 4.69) is 5.32 Å². The third-order valence-corrected chi connectivity index (χ3v) is 0.684. The van der Waals surface area contributed by atoms with Crippen LogP contribution in [0.3, 0.4) is 0 Å². The molecular weight excluding hydrogens is 110 g/mol. The van der Waals surface area contributed by atoms with Crippen LogP contribution in [0.25, 0.3) is 0 Å². The van der Waals surface area contributed by atoms with Gasteiger partial charge in [0, 0.05) is 4.92 Å². The van der Waals surface area contributed by atoms with Crippen molar-refractivity contribution in [3.8, 4) is 0 Å². The van der Waals surface area contributed by atoms with Gasteiger partial charge >= 0.3 is 0 Å². The van der Waals surface area contributed by atoms with Crippen molar-refractivity contribution in [2.45, 2.75) is 6.17 Å². The number of hydrogen-bond donors (Lipinski definition) is 2. The van der Waals surface area contributed by atoms with Crippen LogP contribution < -0.4 is 11.1 Å². The summed E-state index contributed by atoms with van der Waals surface area (Å²) in [5, 5.41) is 12.3. The molecule has 0 rings (SSSR count). The summed E-state index contributed by atoms with van der Waals surface area (Å²) >= 11 is 0. The Hall–Kier alpha value is -0.680. The van der Waals surface area contributed by atoms with Gasteiger partial charge in [-0.15, -0.1) is 0 Å². The van der Waals surface area contributed by atoms with Gasteiger partial charge in [0.1, 0.15) is 0 Å². The summed E-state index contributed by atoms with van der Waals surface area (Å²) in [4.78, 5) is 9.20. The molecule has 0 aromatic heterocycles. The van der Waals surface area contributed by atoms with Crippen molar-refractivity contribution in [3.05, 3.63) is 10.1 Å². The molecule has 0 saturated carbocycles. The van der Waals surface area contributed by atoms with E-state index in [1.807, 2.05) is 0 Å². The second kappa shape index (κ2) is 3.34. The molecule has 0 amide bonds. The average molecular weight is 119 g/mol. The van der Waals surface area contributed by atoms with Crippen LogP contribution in [-0.4, -0.2) is 24.7 Å². The quantitative estimate of drug-likeness (QED) is 0.277. The first kappa shape index (κ1) is 7.32. The Bertz CT molecular complexity index is 84.6. The second-order valence-corrected chi connectivity index (χ2v) is 1.41. The number of nitrogens with zero attached hydrogens (tertiary/aromatic N) is 1. The minimum atomic E-state index is -0.972. The third kappa shape index (κ3) is 2.49. The normalized spacial score (nSPS) is 13.2. The Morgan fingerprint density at radius 2 is 2.50 bits per heavy atom. The molecule has 5 heteroatoms. The minimum absolute atomic E-state index is 0.215. The highest BCUT2D eigenvalue weighted by atomic mass is 16.6. The van der Waals surface area contributed by atoms with E-state index in [0.717, 1.165) is 0 Å². The molecule has 0 spiro atoms. The van der Waals surface area contributed by atoms with Gasteiger partial charge in [-0.2, -0.15) is 0 Å². The van der Waals surface area contributed by atoms with Gasteiger partial charge in [0.2, 0.25) is 0 Å². The fraction of sp³-hybridized carbons (Fsp3) is 1.00. The van der Waals surface area contributed by atoms with E-state index in [1.54, 1.807) is 7.05 Å². The van der Waals surface area contributed by atoms with Gasteiger partial charge in [0.05, 0.1) is 6.54 Å². The molecule has 0 aromatic rings. The Kier molecular flexibility index (Phi) is 3.05. The maximum atomic E-state index is 9.73. The lowest BCUT2D eigenvalue weighted by Gasteiger charge is -1.99. The SMILES string of the molecule is CNCC(N)[N+](=O)[O-]. The van der Waals surface area contributed by atoms with Gasteiger partial charge in [-0.3, -0.25) is 15.8 Å². The number of nitrogens with one attached hydrogen (secondary N) is 1. The Morgan fingerprint density at radius 3 is 2.62 bits per heavy atom. The molecule has 0 saturated heterocycles. The number of likely N-dealkylation sites (N-methyl/N-ethyl adjacent to an activating group) is 1. The van der Waals surface area contributed by atoms with Gasteiger partial charge < -0.3 is 5.32 Å².